The van der Waals surface area contributed by atoms with Crippen molar-refractivity contribution < 1.29 is 14.3 Å². The van der Waals surface area contributed by atoms with Gasteiger partial charge in [0.05, 0.1) is 6.54 Å². The van der Waals surface area contributed by atoms with Crippen LogP contribution >= 0.6 is 0 Å². The third kappa shape index (κ3) is 6.59. The smallest absolute Gasteiger partial charge is 0.253 e. The van der Waals surface area contributed by atoms with Crippen molar-refractivity contribution in [1.29, 1.82) is 0 Å². The van der Waals surface area contributed by atoms with E-state index in [2.05, 4.69) is 10.6 Å². The van der Waals surface area contributed by atoms with Crippen molar-refractivity contribution in [2.24, 2.45) is 0 Å². The second-order valence-electron chi connectivity index (χ2n) is 8.13. The molecule has 1 aliphatic heterocycles. The summed E-state index contributed by atoms with van der Waals surface area (Å²) in [7, 11) is 0. The fourth-order valence-corrected chi connectivity index (χ4v) is 3.77. The Morgan fingerprint density at radius 1 is 0.788 bits per heavy atom. The summed E-state index contributed by atoms with van der Waals surface area (Å²) in [4.78, 5) is 26.8. The number of hydrogen-bond acceptors (Lipinski definition) is 4. The van der Waals surface area contributed by atoms with E-state index in [1.807, 2.05) is 59.5 Å². The van der Waals surface area contributed by atoms with Gasteiger partial charge in [-0.3, -0.25) is 9.59 Å². The summed E-state index contributed by atoms with van der Waals surface area (Å²) in [6.45, 7) is 2.29. The molecule has 0 bridgehead atoms. The number of likely N-dealkylation sites (tertiary alicyclic amines) is 1. The van der Waals surface area contributed by atoms with Crippen LogP contribution in [0.25, 0.3) is 0 Å². The van der Waals surface area contributed by atoms with Crippen molar-refractivity contribution in [3.8, 4) is 5.75 Å². The molecule has 0 atom stereocenters. The predicted octanol–water partition coefficient (Wildman–Crippen LogP) is 4.94. The molecule has 1 fully saturated rings. The van der Waals surface area contributed by atoms with Crippen LogP contribution in [0.5, 0.6) is 5.75 Å². The van der Waals surface area contributed by atoms with Crippen LogP contribution < -0.4 is 15.4 Å². The lowest BCUT2D eigenvalue weighted by molar-refractivity contribution is -0.114. The van der Waals surface area contributed by atoms with E-state index in [4.69, 9.17) is 4.74 Å². The number of amides is 2. The number of benzene rings is 3. The zero-order valence-electron chi connectivity index (χ0n) is 18.6. The topological polar surface area (TPSA) is 70.7 Å². The minimum absolute atomic E-state index is 0.0606. The monoisotopic (exact) mass is 443 g/mol. The van der Waals surface area contributed by atoms with Gasteiger partial charge >= 0.3 is 0 Å². The molecular formula is C27H29N3O3. The number of carbonyl (C=O) groups excluding carboxylic acids is 2. The van der Waals surface area contributed by atoms with E-state index >= 15 is 0 Å². The maximum atomic E-state index is 12.5. The molecule has 0 unspecified atom stereocenters. The minimum atomic E-state index is -0.158. The molecule has 0 aliphatic carbocycles. The Morgan fingerprint density at radius 2 is 1.45 bits per heavy atom. The summed E-state index contributed by atoms with van der Waals surface area (Å²) in [5.74, 6) is 0.674. The molecule has 0 spiro atoms. The van der Waals surface area contributed by atoms with E-state index in [1.54, 1.807) is 24.3 Å². The summed E-state index contributed by atoms with van der Waals surface area (Å²) in [6.07, 6.45) is 3.32. The Kier molecular flexibility index (Phi) is 7.59. The third-order valence-corrected chi connectivity index (χ3v) is 5.61. The fraction of sp³-hybridized carbons (Fsp3) is 0.259. The highest BCUT2D eigenvalue weighted by Crippen LogP contribution is 2.18. The first-order valence-electron chi connectivity index (χ1n) is 11.4. The van der Waals surface area contributed by atoms with E-state index in [-0.39, 0.29) is 18.4 Å². The molecule has 0 radical (unpaired) electrons. The molecule has 2 N–H and O–H groups in total. The van der Waals surface area contributed by atoms with Crippen molar-refractivity contribution in [2.45, 2.75) is 25.9 Å². The lowest BCUT2D eigenvalue weighted by Gasteiger charge is -2.26. The van der Waals surface area contributed by atoms with E-state index < -0.39 is 0 Å². The van der Waals surface area contributed by atoms with Gasteiger partial charge in [0.1, 0.15) is 12.4 Å². The number of nitrogens with zero attached hydrogens (tertiary/aromatic N) is 1. The van der Waals surface area contributed by atoms with Gasteiger partial charge in [-0.25, -0.2) is 0 Å². The van der Waals surface area contributed by atoms with Crippen LogP contribution in [-0.2, 0) is 11.4 Å². The molecule has 0 saturated carbocycles. The minimum Gasteiger partial charge on any atom is -0.489 e. The van der Waals surface area contributed by atoms with E-state index in [0.717, 1.165) is 42.9 Å². The molecule has 6 nitrogen and oxygen atoms in total. The van der Waals surface area contributed by atoms with Crippen molar-refractivity contribution in [2.75, 3.05) is 30.3 Å². The van der Waals surface area contributed by atoms with Gasteiger partial charge in [-0.2, -0.15) is 0 Å². The Hall–Kier alpha value is -3.80. The third-order valence-electron chi connectivity index (χ3n) is 5.61. The average Bonchev–Trinajstić information content (AvgIpc) is 2.88. The highest BCUT2D eigenvalue weighted by Gasteiger charge is 2.18. The molecule has 3 aromatic carbocycles. The summed E-state index contributed by atoms with van der Waals surface area (Å²) in [6, 6.07) is 24.6. The summed E-state index contributed by atoms with van der Waals surface area (Å²) >= 11 is 0. The van der Waals surface area contributed by atoms with Crippen LogP contribution in [0, 0.1) is 0 Å². The van der Waals surface area contributed by atoms with E-state index in [0.29, 0.717) is 17.9 Å². The molecule has 1 aliphatic rings. The largest absolute Gasteiger partial charge is 0.489 e. The molecule has 0 aromatic heterocycles. The molecule has 33 heavy (non-hydrogen) atoms. The number of rotatable bonds is 8. The summed E-state index contributed by atoms with van der Waals surface area (Å²) in [5.41, 5.74) is 3.27. The van der Waals surface area contributed by atoms with Crippen molar-refractivity contribution in [1.82, 2.24) is 4.90 Å². The van der Waals surface area contributed by atoms with Crippen molar-refractivity contribution in [3.63, 3.8) is 0 Å². The lowest BCUT2D eigenvalue weighted by atomic mass is 10.1. The van der Waals surface area contributed by atoms with E-state index in [1.165, 1.54) is 6.42 Å². The number of ether oxygens (including phenoxy) is 1. The Labute approximate surface area is 194 Å². The first kappa shape index (κ1) is 22.4. The van der Waals surface area contributed by atoms with Gasteiger partial charge in [0.15, 0.2) is 0 Å². The Morgan fingerprint density at radius 3 is 2.15 bits per heavy atom. The quantitative estimate of drug-likeness (QED) is 0.517. The van der Waals surface area contributed by atoms with E-state index in [9.17, 15) is 9.59 Å². The summed E-state index contributed by atoms with van der Waals surface area (Å²) < 4.78 is 5.78. The number of hydrogen-bond donors (Lipinski definition) is 2. The zero-order chi connectivity index (χ0) is 22.9. The Bertz CT molecular complexity index is 1040. The number of carbonyl (C=O) groups is 2. The lowest BCUT2D eigenvalue weighted by Crippen LogP contribution is -2.35. The first-order chi connectivity index (χ1) is 16.2. The number of piperidine rings is 1. The van der Waals surface area contributed by atoms with Gasteiger partial charge in [-0.15, -0.1) is 0 Å². The second-order valence-corrected chi connectivity index (χ2v) is 8.13. The Balaban J connectivity index is 1.21. The molecule has 3 aromatic rings. The van der Waals surface area contributed by atoms with Crippen LogP contribution in [0.4, 0.5) is 11.4 Å². The molecule has 1 saturated heterocycles. The van der Waals surface area contributed by atoms with Gasteiger partial charge in [0.2, 0.25) is 5.91 Å². The van der Waals surface area contributed by atoms with Crippen molar-refractivity contribution >= 4 is 23.2 Å². The van der Waals surface area contributed by atoms with Gasteiger partial charge < -0.3 is 20.3 Å². The van der Waals surface area contributed by atoms with Gasteiger partial charge in [0, 0.05) is 30.0 Å². The van der Waals surface area contributed by atoms with Crippen LogP contribution in [0.15, 0.2) is 78.9 Å². The zero-order valence-corrected chi connectivity index (χ0v) is 18.6. The molecule has 170 valence electrons. The standard InChI is InChI=1S/C27H29N3O3/c31-26(29-24-11-9-22(10-12-24)27(32)30-17-5-2-6-18-30)19-28-23-13-15-25(16-14-23)33-20-21-7-3-1-4-8-21/h1,3-4,7-16,28H,2,5-6,17-20H2,(H,29,31). The van der Waals surface area contributed by atoms with Crippen LogP contribution in [0.3, 0.4) is 0 Å². The SMILES string of the molecule is O=C(CNc1ccc(OCc2ccccc2)cc1)Nc1ccc(C(=O)N2CCCCC2)cc1. The van der Waals surface area contributed by atoms with Gasteiger partial charge in [-0.05, 0) is 73.4 Å². The van der Waals surface area contributed by atoms with Crippen LogP contribution in [-0.4, -0.2) is 36.3 Å². The maximum absolute atomic E-state index is 12.5. The van der Waals surface area contributed by atoms with Gasteiger partial charge in [0.25, 0.3) is 5.91 Å². The normalized spacial score (nSPS) is 13.3. The molecular weight excluding hydrogens is 414 g/mol. The maximum Gasteiger partial charge on any atom is 0.253 e. The molecule has 2 amide bonds. The van der Waals surface area contributed by atoms with Gasteiger partial charge in [-0.1, -0.05) is 30.3 Å². The van der Waals surface area contributed by atoms with Crippen molar-refractivity contribution in [3.05, 3.63) is 90.0 Å². The summed E-state index contributed by atoms with van der Waals surface area (Å²) in [5, 5.41) is 5.97. The first-order valence-corrected chi connectivity index (χ1v) is 11.4. The fourth-order valence-electron chi connectivity index (χ4n) is 3.77. The van der Waals surface area contributed by atoms with Crippen LogP contribution in [0.1, 0.15) is 35.2 Å². The molecule has 4 rings (SSSR count). The number of anilines is 2. The highest BCUT2D eigenvalue weighted by atomic mass is 16.5. The second kappa shape index (κ2) is 11.2. The predicted molar refractivity (Wildman–Crippen MR) is 131 cm³/mol. The average molecular weight is 444 g/mol. The molecule has 1 heterocycles. The van der Waals surface area contributed by atoms with Crippen LogP contribution in [0.2, 0.25) is 0 Å². The highest BCUT2D eigenvalue weighted by molar-refractivity contribution is 5.96. The molecule has 6 heteroatoms. The number of nitrogens with one attached hydrogen (secondary N) is 2.